The number of nitrogen functional groups attached to an aromatic ring is 2. The van der Waals surface area contributed by atoms with Crippen LogP contribution in [0.1, 0.15) is 36.3 Å². The fraction of sp³-hybridized carbons (Fsp3) is 0.400. The standard InChI is InChI=1S/C10H13N5OS2/c11-9-13-5(3-17-9)7-1-2-8(15(7)16)6-4-18-10(12)14-6/h3-4,7-8,16H,1-2H2,(H2,11,13)(H2,12,14). The highest BCUT2D eigenvalue weighted by Gasteiger charge is 2.36. The molecule has 3 rings (SSSR count). The Labute approximate surface area is 112 Å². The Bertz CT molecular complexity index is 506. The summed E-state index contributed by atoms with van der Waals surface area (Å²) in [4.78, 5) is 8.46. The van der Waals surface area contributed by atoms with E-state index in [1.807, 2.05) is 10.8 Å². The monoisotopic (exact) mass is 283 g/mol. The molecular weight excluding hydrogens is 270 g/mol. The van der Waals surface area contributed by atoms with Gasteiger partial charge in [0, 0.05) is 10.8 Å². The number of hydroxylamine groups is 2. The normalized spacial score (nSPS) is 24.7. The first kappa shape index (κ1) is 11.8. The van der Waals surface area contributed by atoms with Gasteiger partial charge in [0.15, 0.2) is 10.3 Å². The molecular formula is C10H13N5OS2. The number of thiazole rings is 2. The van der Waals surface area contributed by atoms with Crippen molar-refractivity contribution in [2.75, 3.05) is 11.5 Å². The maximum Gasteiger partial charge on any atom is 0.180 e. The van der Waals surface area contributed by atoms with Gasteiger partial charge in [0.1, 0.15) is 0 Å². The van der Waals surface area contributed by atoms with Crippen LogP contribution in [-0.4, -0.2) is 20.2 Å². The minimum Gasteiger partial charge on any atom is -0.375 e. The number of rotatable bonds is 2. The molecule has 0 aromatic carbocycles. The molecule has 0 saturated carbocycles. The van der Waals surface area contributed by atoms with Gasteiger partial charge in [-0.1, -0.05) is 0 Å². The molecule has 1 fully saturated rings. The summed E-state index contributed by atoms with van der Waals surface area (Å²) in [5.41, 5.74) is 12.9. The van der Waals surface area contributed by atoms with Crippen LogP contribution in [0.3, 0.4) is 0 Å². The molecule has 8 heteroatoms. The predicted molar refractivity (Wildman–Crippen MR) is 71.4 cm³/mol. The van der Waals surface area contributed by atoms with Crippen molar-refractivity contribution in [3.63, 3.8) is 0 Å². The van der Waals surface area contributed by atoms with E-state index in [1.54, 1.807) is 0 Å². The highest BCUT2D eigenvalue weighted by molar-refractivity contribution is 7.13. The average molecular weight is 283 g/mol. The van der Waals surface area contributed by atoms with Crippen molar-refractivity contribution >= 4 is 32.9 Å². The van der Waals surface area contributed by atoms with Crippen molar-refractivity contribution in [2.24, 2.45) is 0 Å². The quantitative estimate of drug-likeness (QED) is 0.779. The van der Waals surface area contributed by atoms with Crippen LogP contribution in [0.15, 0.2) is 10.8 Å². The summed E-state index contributed by atoms with van der Waals surface area (Å²) >= 11 is 2.78. The van der Waals surface area contributed by atoms with Crippen LogP contribution in [0.5, 0.6) is 0 Å². The molecule has 0 bridgehead atoms. The Morgan fingerprint density at radius 1 is 1.06 bits per heavy atom. The molecule has 96 valence electrons. The van der Waals surface area contributed by atoms with Crippen molar-refractivity contribution in [2.45, 2.75) is 24.9 Å². The third kappa shape index (κ3) is 1.97. The molecule has 1 saturated heterocycles. The molecule has 0 spiro atoms. The highest BCUT2D eigenvalue weighted by Crippen LogP contribution is 2.42. The Morgan fingerprint density at radius 2 is 1.50 bits per heavy atom. The first-order valence-electron chi connectivity index (χ1n) is 5.54. The molecule has 2 aromatic heterocycles. The van der Waals surface area contributed by atoms with Gasteiger partial charge in [-0.25, -0.2) is 9.97 Å². The molecule has 1 aliphatic heterocycles. The summed E-state index contributed by atoms with van der Waals surface area (Å²) in [5.74, 6) is 0. The van der Waals surface area contributed by atoms with Gasteiger partial charge in [-0.05, 0) is 12.8 Å². The van der Waals surface area contributed by atoms with Crippen molar-refractivity contribution < 1.29 is 5.21 Å². The summed E-state index contributed by atoms with van der Waals surface area (Å²) < 4.78 is 0. The maximum atomic E-state index is 10.3. The molecule has 18 heavy (non-hydrogen) atoms. The van der Waals surface area contributed by atoms with Gasteiger partial charge in [-0.3, -0.25) is 0 Å². The number of anilines is 2. The number of aromatic nitrogens is 2. The fourth-order valence-electron chi connectivity index (χ4n) is 2.27. The smallest absolute Gasteiger partial charge is 0.180 e. The van der Waals surface area contributed by atoms with Crippen molar-refractivity contribution in [3.05, 3.63) is 22.1 Å². The zero-order valence-electron chi connectivity index (χ0n) is 9.48. The Hall–Kier alpha value is -1.22. The second-order valence-electron chi connectivity index (χ2n) is 4.21. The second kappa shape index (κ2) is 4.47. The van der Waals surface area contributed by atoms with E-state index in [-0.39, 0.29) is 12.1 Å². The molecule has 0 radical (unpaired) electrons. The van der Waals surface area contributed by atoms with E-state index >= 15 is 0 Å². The van der Waals surface area contributed by atoms with E-state index in [2.05, 4.69) is 9.97 Å². The summed E-state index contributed by atoms with van der Waals surface area (Å²) in [6, 6.07) is -0.210. The zero-order chi connectivity index (χ0) is 12.7. The first-order valence-corrected chi connectivity index (χ1v) is 7.30. The van der Waals surface area contributed by atoms with Crippen LogP contribution < -0.4 is 11.5 Å². The third-order valence-corrected chi connectivity index (χ3v) is 4.50. The Morgan fingerprint density at radius 3 is 1.83 bits per heavy atom. The van der Waals surface area contributed by atoms with E-state index in [0.717, 1.165) is 24.2 Å². The lowest BCUT2D eigenvalue weighted by atomic mass is 10.1. The first-order chi connectivity index (χ1) is 8.65. The van der Waals surface area contributed by atoms with Crippen molar-refractivity contribution in [1.29, 1.82) is 0 Å². The molecule has 2 atom stereocenters. The summed E-state index contributed by atoms with van der Waals surface area (Å²) in [5, 5.41) is 16.4. The molecule has 6 nitrogen and oxygen atoms in total. The number of nitrogens with zero attached hydrogens (tertiary/aromatic N) is 3. The SMILES string of the molecule is Nc1nc(C2CCC(c3csc(N)n3)N2O)cs1. The Balaban J connectivity index is 1.82. The number of nitrogens with two attached hydrogens (primary N) is 2. The predicted octanol–water partition coefficient (Wildman–Crippen LogP) is 2.03. The molecule has 0 amide bonds. The largest absolute Gasteiger partial charge is 0.375 e. The van der Waals surface area contributed by atoms with Crippen LogP contribution >= 0.6 is 22.7 Å². The lowest BCUT2D eigenvalue weighted by molar-refractivity contribution is -0.138. The maximum absolute atomic E-state index is 10.3. The van der Waals surface area contributed by atoms with Gasteiger partial charge >= 0.3 is 0 Å². The topological polar surface area (TPSA) is 101 Å². The number of hydrogen-bond donors (Lipinski definition) is 3. The van der Waals surface area contributed by atoms with Gasteiger partial charge in [0.25, 0.3) is 0 Å². The molecule has 2 aromatic rings. The minimum absolute atomic E-state index is 0.105. The van der Waals surface area contributed by atoms with E-state index in [4.69, 9.17) is 11.5 Å². The average Bonchev–Trinajstić information content (AvgIpc) is 3.00. The Kier molecular flexibility index (Phi) is 2.94. The lowest BCUT2D eigenvalue weighted by Crippen LogP contribution is -2.22. The molecule has 5 N–H and O–H groups in total. The van der Waals surface area contributed by atoms with Crippen molar-refractivity contribution in [1.82, 2.24) is 15.0 Å². The molecule has 3 heterocycles. The summed E-state index contributed by atoms with van der Waals surface area (Å²) in [6.07, 6.45) is 1.67. The van der Waals surface area contributed by atoms with E-state index < -0.39 is 0 Å². The van der Waals surface area contributed by atoms with Crippen LogP contribution in [-0.2, 0) is 0 Å². The van der Waals surface area contributed by atoms with Gasteiger partial charge in [0.05, 0.1) is 23.5 Å². The van der Waals surface area contributed by atoms with Crippen LogP contribution in [0.25, 0.3) is 0 Å². The van der Waals surface area contributed by atoms with E-state index in [0.29, 0.717) is 10.3 Å². The van der Waals surface area contributed by atoms with E-state index in [9.17, 15) is 5.21 Å². The van der Waals surface area contributed by atoms with Gasteiger partial charge in [0.2, 0.25) is 0 Å². The van der Waals surface area contributed by atoms with E-state index in [1.165, 1.54) is 27.7 Å². The summed E-state index contributed by atoms with van der Waals surface area (Å²) in [7, 11) is 0. The van der Waals surface area contributed by atoms with Gasteiger partial charge in [-0.2, -0.15) is 5.06 Å². The molecule has 1 aliphatic rings. The van der Waals surface area contributed by atoms with Crippen LogP contribution in [0, 0.1) is 0 Å². The zero-order valence-corrected chi connectivity index (χ0v) is 11.1. The minimum atomic E-state index is -0.105. The molecule has 0 aliphatic carbocycles. The van der Waals surface area contributed by atoms with Gasteiger partial charge < -0.3 is 16.7 Å². The van der Waals surface area contributed by atoms with Crippen molar-refractivity contribution in [3.8, 4) is 0 Å². The third-order valence-electron chi connectivity index (χ3n) is 3.11. The van der Waals surface area contributed by atoms with Crippen LogP contribution in [0.2, 0.25) is 0 Å². The van der Waals surface area contributed by atoms with Gasteiger partial charge in [-0.15, -0.1) is 22.7 Å². The number of hydrogen-bond acceptors (Lipinski definition) is 8. The highest BCUT2D eigenvalue weighted by atomic mass is 32.1. The second-order valence-corrected chi connectivity index (χ2v) is 5.99. The fourth-order valence-corrected chi connectivity index (χ4v) is 3.49. The lowest BCUT2D eigenvalue weighted by Gasteiger charge is -2.21. The summed E-state index contributed by atoms with van der Waals surface area (Å²) in [6.45, 7) is 0. The molecule has 2 unspecified atom stereocenters. The van der Waals surface area contributed by atoms with Crippen LogP contribution in [0.4, 0.5) is 10.3 Å².